The summed E-state index contributed by atoms with van der Waals surface area (Å²) in [5.41, 5.74) is 4.20. The van der Waals surface area contributed by atoms with Crippen LogP contribution in [-0.4, -0.2) is 33.1 Å². The van der Waals surface area contributed by atoms with Crippen molar-refractivity contribution in [1.82, 2.24) is 10.6 Å². The minimum absolute atomic E-state index is 0. The maximum atomic E-state index is 4.29. The van der Waals surface area contributed by atoms with Crippen molar-refractivity contribution in [3.8, 4) is 0 Å². The Labute approximate surface area is 150 Å². The SMILES string of the molecule is CN=C(NCc1ccc2c(c1)CCCN2C)NCC1CC1.I. The van der Waals surface area contributed by atoms with Gasteiger partial charge in [0.05, 0.1) is 0 Å². The summed E-state index contributed by atoms with van der Waals surface area (Å²) < 4.78 is 0. The Kier molecular flexibility index (Phi) is 6.35. The zero-order chi connectivity index (χ0) is 14.7. The normalized spacial score (nSPS) is 17.5. The molecule has 5 heteroatoms. The fraction of sp³-hybridized carbons (Fsp3) is 0.588. The third-order valence-electron chi connectivity index (χ3n) is 4.43. The molecule has 22 heavy (non-hydrogen) atoms. The summed E-state index contributed by atoms with van der Waals surface area (Å²) in [6.45, 7) is 3.05. The van der Waals surface area contributed by atoms with Crippen molar-refractivity contribution in [2.45, 2.75) is 32.2 Å². The fourth-order valence-electron chi connectivity index (χ4n) is 2.92. The van der Waals surface area contributed by atoms with Crippen molar-refractivity contribution in [3.05, 3.63) is 29.3 Å². The van der Waals surface area contributed by atoms with Crippen molar-refractivity contribution < 1.29 is 0 Å². The number of benzene rings is 1. The van der Waals surface area contributed by atoms with Crippen LogP contribution in [0.15, 0.2) is 23.2 Å². The third-order valence-corrected chi connectivity index (χ3v) is 4.43. The van der Waals surface area contributed by atoms with E-state index in [2.05, 4.69) is 45.8 Å². The number of nitrogens with one attached hydrogen (secondary N) is 2. The number of halogens is 1. The van der Waals surface area contributed by atoms with E-state index >= 15 is 0 Å². The number of guanidine groups is 1. The Balaban J connectivity index is 0.00000176. The maximum Gasteiger partial charge on any atom is 0.191 e. The van der Waals surface area contributed by atoms with E-state index in [4.69, 9.17) is 0 Å². The summed E-state index contributed by atoms with van der Waals surface area (Å²) in [6.07, 6.45) is 5.18. The zero-order valence-electron chi connectivity index (χ0n) is 13.6. The molecule has 1 fully saturated rings. The molecule has 1 aliphatic carbocycles. The lowest BCUT2D eigenvalue weighted by Crippen LogP contribution is -2.37. The van der Waals surface area contributed by atoms with Gasteiger partial charge in [-0.25, -0.2) is 0 Å². The van der Waals surface area contributed by atoms with Crippen LogP contribution < -0.4 is 15.5 Å². The van der Waals surface area contributed by atoms with E-state index in [1.807, 2.05) is 7.05 Å². The Morgan fingerprint density at radius 1 is 1.32 bits per heavy atom. The summed E-state index contributed by atoms with van der Waals surface area (Å²) in [7, 11) is 4.02. The van der Waals surface area contributed by atoms with Gasteiger partial charge in [-0.05, 0) is 48.8 Å². The van der Waals surface area contributed by atoms with Gasteiger partial charge in [0.2, 0.25) is 0 Å². The molecule has 2 aliphatic rings. The van der Waals surface area contributed by atoms with Crippen LogP contribution in [0.5, 0.6) is 0 Å². The number of hydrogen-bond acceptors (Lipinski definition) is 2. The van der Waals surface area contributed by atoms with Gasteiger partial charge in [0.15, 0.2) is 5.96 Å². The van der Waals surface area contributed by atoms with E-state index in [1.165, 1.54) is 49.0 Å². The number of aryl methyl sites for hydroxylation is 1. The first kappa shape index (κ1) is 17.4. The first-order chi connectivity index (χ1) is 10.3. The second-order valence-electron chi connectivity index (χ2n) is 6.24. The van der Waals surface area contributed by atoms with Crippen LogP contribution in [-0.2, 0) is 13.0 Å². The van der Waals surface area contributed by atoms with Gasteiger partial charge in [-0.15, -0.1) is 24.0 Å². The second-order valence-corrected chi connectivity index (χ2v) is 6.24. The molecule has 3 rings (SSSR count). The Hall–Kier alpha value is -0.980. The second kappa shape index (κ2) is 8.04. The molecule has 0 atom stereocenters. The molecule has 1 aromatic rings. The molecular weight excluding hydrogens is 387 g/mol. The molecule has 0 radical (unpaired) electrons. The van der Waals surface area contributed by atoms with Crippen LogP contribution in [0.25, 0.3) is 0 Å². The van der Waals surface area contributed by atoms with E-state index in [0.29, 0.717) is 0 Å². The molecule has 1 aromatic carbocycles. The van der Waals surface area contributed by atoms with Crippen LogP contribution >= 0.6 is 24.0 Å². The number of hydrogen-bond donors (Lipinski definition) is 2. The Morgan fingerprint density at radius 2 is 2.14 bits per heavy atom. The largest absolute Gasteiger partial charge is 0.374 e. The van der Waals surface area contributed by atoms with Gasteiger partial charge in [0, 0.05) is 39.4 Å². The van der Waals surface area contributed by atoms with Gasteiger partial charge in [-0.2, -0.15) is 0 Å². The summed E-state index contributed by atoms with van der Waals surface area (Å²) in [5, 5.41) is 6.81. The summed E-state index contributed by atoms with van der Waals surface area (Å²) in [4.78, 5) is 6.64. The monoisotopic (exact) mass is 414 g/mol. The van der Waals surface area contributed by atoms with Crippen molar-refractivity contribution in [2.24, 2.45) is 10.9 Å². The lowest BCUT2D eigenvalue weighted by Gasteiger charge is -2.28. The number of anilines is 1. The van der Waals surface area contributed by atoms with E-state index in [1.54, 1.807) is 0 Å². The topological polar surface area (TPSA) is 39.7 Å². The minimum Gasteiger partial charge on any atom is -0.374 e. The first-order valence-corrected chi connectivity index (χ1v) is 8.03. The van der Waals surface area contributed by atoms with Gasteiger partial charge in [-0.1, -0.05) is 12.1 Å². The first-order valence-electron chi connectivity index (χ1n) is 8.03. The molecule has 0 spiro atoms. The minimum atomic E-state index is 0. The smallest absolute Gasteiger partial charge is 0.191 e. The number of nitrogens with zero attached hydrogens (tertiary/aromatic N) is 2. The molecule has 0 aromatic heterocycles. The highest BCUT2D eigenvalue weighted by molar-refractivity contribution is 14.0. The highest BCUT2D eigenvalue weighted by Crippen LogP contribution is 2.28. The van der Waals surface area contributed by atoms with Crippen LogP contribution in [0.1, 0.15) is 30.4 Å². The van der Waals surface area contributed by atoms with Crippen molar-refractivity contribution in [3.63, 3.8) is 0 Å². The van der Waals surface area contributed by atoms with Crippen molar-refractivity contribution >= 4 is 35.6 Å². The quantitative estimate of drug-likeness (QED) is 0.452. The molecule has 122 valence electrons. The summed E-state index contributed by atoms with van der Waals surface area (Å²) >= 11 is 0. The van der Waals surface area contributed by atoms with Crippen LogP contribution in [0, 0.1) is 5.92 Å². The average molecular weight is 414 g/mol. The highest BCUT2D eigenvalue weighted by atomic mass is 127. The molecule has 1 saturated carbocycles. The number of rotatable bonds is 4. The van der Waals surface area contributed by atoms with Gasteiger partial charge < -0.3 is 15.5 Å². The summed E-state index contributed by atoms with van der Waals surface area (Å²) in [5.74, 6) is 1.78. The van der Waals surface area contributed by atoms with E-state index in [-0.39, 0.29) is 24.0 Å². The fourth-order valence-corrected chi connectivity index (χ4v) is 2.92. The molecule has 1 aliphatic heterocycles. The van der Waals surface area contributed by atoms with Crippen molar-refractivity contribution in [2.75, 3.05) is 32.1 Å². The zero-order valence-corrected chi connectivity index (χ0v) is 15.9. The molecule has 4 nitrogen and oxygen atoms in total. The lowest BCUT2D eigenvalue weighted by molar-refractivity contribution is 0.731. The van der Waals surface area contributed by atoms with Crippen LogP contribution in [0.2, 0.25) is 0 Å². The van der Waals surface area contributed by atoms with E-state index in [0.717, 1.165) is 25.0 Å². The van der Waals surface area contributed by atoms with E-state index < -0.39 is 0 Å². The van der Waals surface area contributed by atoms with E-state index in [9.17, 15) is 0 Å². The van der Waals surface area contributed by atoms with Crippen LogP contribution in [0.3, 0.4) is 0 Å². The third kappa shape index (κ3) is 4.51. The highest BCUT2D eigenvalue weighted by Gasteiger charge is 2.21. The standard InChI is InChI=1S/C17H26N4.HI/c1-18-17(19-11-13-5-6-13)20-12-14-7-8-16-15(10-14)4-3-9-21(16)2;/h7-8,10,13H,3-6,9,11-12H2,1-2H3,(H2,18,19,20);1H. The Bertz CT molecular complexity index is 525. The average Bonchev–Trinajstić information content (AvgIpc) is 3.32. The van der Waals surface area contributed by atoms with Crippen LogP contribution in [0.4, 0.5) is 5.69 Å². The maximum absolute atomic E-state index is 4.29. The molecular formula is C17H27IN4. The predicted octanol–water partition coefficient (Wildman–Crippen LogP) is 2.76. The number of fused-ring (bicyclic) bond motifs is 1. The molecule has 0 amide bonds. The molecule has 1 heterocycles. The van der Waals surface area contributed by atoms with Gasteiger partial charge in [0.25, 0.3) is 0 Å². The van der Waals surface area contributed by atoms with Gasteiger partial charge in [-0.3, -0.25) is 4.99 Å². The molecule has 0 bridgehead atoms. The molecule has 2 N–H and O–H groups in total. The summed E-state index contributed by atoms with van der Waals surface area (Å²) in [6, 6.07) is 6.82. The number of aliphatic imine (C=N–C) groups is 1. The lowest BCUT2D eigenvalue weighted by atomic mass is 9.99. The van der Waals surface area contributed by atoms with Gasteiger partial charge >= 0.3 is 0 Å². The van der Waals surface area contributed by atoms with Crippen molar-refractivity contribution in [1.29, 1.82) is 0 Å². The Morgan fingerprint density at radius 3 is 2.86 bits per heavy atom. The molecule has 0 unspecified atom stereocenters. The predicted molar refractivity (Wildman–Crippen MR) is 104 cm³/mol. The van der Waals surface area contributed by atoms with Gasteiger partial charge in [0.1, 0.15) is 0 Å². The molecule has 0 saturated heterocycles.